The largest absolute Gasteiger partial charge is 0.469 e. The van der Waals surface area contributed by atoms with Crippen LogP contribution in [0.25, 0.3) is 0 Å². The molecule has 3 heteroatoms. The van der Waals surface area contributed by atoms with Crippen molar-refractivity contribution in [1.29, 1.82) is 0 Å². The number of hydrogen-bond donors (Lipinski definition) is 0. The second-order valence-corrected chi connectivity index (χ2v) is 4.55. The molecular weight excluding hydrogens is 226 g/mol. The van der Waals surface area contributed by atoms with E-state index in [1.807, 2.05) is 13.0 Å². The summed E-state index contributed by atoms with van der Waals surface area (Å²) in [7, 11) is 1.44. The number of carbonyl (C=O) groups is 1. The maximum absolute atomic E-state index is 11.4. The summed E-state index contributed by atoms with van der Waals surface area (Å²) in [6.07, 6.45) is 1.02. The zero-order chi connectivity index (χ0) is 13.4. The first-order chi connectivity index (χ1) is 8.67. The van der Waals surface area contributed by atoms with Crippen LogP contribution >= 0.6 is 0 Å². The minimum atomic E-state index is -0.131. The van der Waals surface area contributed by atoms with Gasteiger partial charge >= 0.3 is 5.97 Å². The molecule has 0 spiro atoms. The van der Waals surface area contributed by atoms with Gasteiger partial charge in [-0.05, 0) is 18.5 Å². The van der Waals surface area contributed by atoms with Gasteiger partial charge in [-0.1, -0.05) is 44.2 Å². The van der Waals surface area contributed by atoms with Crippen LogP contribution in [-0.2, 0) is 16.0 Å². The van der Waals surface area contributed by atoms with Crippen molar-refractivity contribution in [3.63, 3.8) is 0 Å². The zero-order valence-corrected chi connectivity index (χ0v) is 11.6. The Balaban J connectivity index is 2.40. The Kier molecular flexibility index (Phi) is 6.44. The average molecular weight is 249 g/mol. The average Bonchev–Trinajstić information content (AvgIpc) is 2.43. The molecule has 1 atom stereocenters. The molecule has 100 valence electrons. The van der Waals surface area contributed by atoms with Crippen LogP contribution in [-0.4, -0.2) is 37.6 Å². The van der Waals surface area contributed by atoms with Crippen molar-refractivity contribution >= 4 is 5.97 Å². The van der Waals surface area contributed by atoms with Gasteiger partial charge in [0, 0.05) is 13.1 Å². The molecule has 0 aliphatic heterocycles. The van der Waals surface area contributed by atoms with Crippen LogP contribution in [0.1, 0.15) is 19.4 Å². The first kappa shape index (κ1) is 14.7. The van der Waals surface area contributed by atoms with E-state index >= 15 is 0 Å². The molecule has 3 nitrogen and oxygen atoms in total. The third kappa shape index (κ3) is 4.88. The minimum absolute atomic E-state index is 0.0641. The Hall–Kier alpha value is -1.35. The van der Waals surface area contributed by atoms with Gasteiger partial charge < -0.3 is 9.64 Å². The van der Waals surface area contributed by atoms with Crippen molar-refractivity contribution in [3.8, 4) is 0 Å². The smallest absolute Gasteiger partial charge is 0.309 e. The lowest BCUT2D eigenvalue weighted by Crippen LogP contribution is -2.33. The van der Waals surface area contributed by atoms with Gasteiger partial charge in [0.2, 0.25) is 0 Å². The van der Waals surface area contributed by atoms with E-state index in [9.17, 15) is 4.79 Å². The maximum atomic E-state index is 11.4. The molecular formula is C15H23NO2. The van der Waals surface area contributed by atoms with Crippen LogP contribution in [0.5, 0.6) is 0 Å². The van der Waals surface area contributed by atoms with Gasteiger partial charge in [0.1, 0.15) is 0 Å². The number of nitrogens with zero attached hydrogens (tertiary/aromatic N) is 1. The highest BCUT2D eigenvalue weighted by atomic mass is 16.5. The van der Waals surface area contributed by atoms with E-state index in [0.717, 1.165) is 26.1 Å². The second-order valence-electron chi connectivity index (χ2n) is 4.55. The quantitative estimate of drug-likeness (QED) is 0.695. The van der Waals surface area contributed by atoms with E-state index in [1.54, 1.807) is 0 Å². The molecule has 0 aromatic heterocycles. The van der Waals surface area contributed by atoms with Gasteiger partial charge in [-0.25, -0.2) is 0 Å². The molecule has 0 unspecified atom stereocenters. The van der Waals surface area contributed by atoms with Gasteiger partial charge in [0.05, 0.1) is 13.0 Å². The molecule has 0 fully saturated rings. The van der Waals surface area contributed by atoms with Gasteiger partial charge in [0.15, 0.2) is 0 Å². The maximum Gasteiger partial charge on any atom is 0.309 e. The van der Waals surface area contributed by atoms with Gasteiger partial charge in [0.25, 0.3) is 0 Å². The van der Waals surface area contributed by atoms with E-state index in [0.29, 0.717) is 0 Å². The highest BCUT2D eigenvalue weighted by Crippen LogP contribution is 2.05. The van der Waals surface area contributed by atoms with E-state index in [4.69, 9.17) is 4.74 Å². The lowest BCUT2D eigenvalue weighted by molar-refractivity contribution is -0.145. The summed E-state index contributed by atoms with van der Waals surface area (Å²) < 4.78 is 4.75. The molecule has 0 bridgehead atoms. The third-order valence-corrected chi connectivity index (χ3v) is 3.14. The number of rotatable bonds is 7. The molecule has 0 amide bonds. The Labute approximate surface area is 110 Å². The number of likely N-dealkylation sites (N-methyl/N-ethyl adjacent to an activating group) is 1. The van der Waals surface area contributed by atoms with E-state index < -0.39 is 0 Å². The summed E-state index contributed by atoms with van der Waals surface area (Å²) in [6, 6.07) is 10.4. The summed E-state index contributed by atoms with van der Waals surface area (Å²) in [4.78, 5) is 13.7. The van der Waals surface area contributed by atoms with Crippen LogP contribution < -0.4 is 0 Å². The van der Waals surface area contributed by atoms with Gasteiger partial charge in [-0.15, -0.1) is 0 Å². The Bertz CT molecular complexity index is 351. The fourth-order valence-electron chi connectivity index (χ4n) is 1.97. The normalized spacial score (nSPS) is 12.4. The van der Waals surface area contributed by atoms with Crippen LogP contribution in [0, 0.1) is 5.92 Å². The molecule has 0 aliphatic rings. The third-order valence-electron chi connectivity index (χ3n) is 3.14. The second kappa shape index (κ2) is 7.88. The molecule has 0 N–H and O–H groups in total. The fraction of sp³-hybridized carbons (Fsp3) is 0.533. The van der Waals surface area contributed by atoms with Crippen molar-refractivity contribution in [2.24, 2.45) is 5.92 Å². The number of hydrogen-bond acceptors (Lipinski definition) is 3. The standard InChI is InChI=1S/C15H23NO2/c1-4-16(12-13(2)15(17)18-3)11-10-14-8-6-5-7-9-14/h5-9,13H,4,10-12H2,1-3H3/t13-/m1/s1. The number of ether oxygens (including phenoxy) is 1. The summed E-state index contributed by atoms with van der Waals surface area (Å²) in [5.74, 6) is -0.195. The molecule has 1 rings (SSSR count). The summed E-state index contributed by atoms with van der Waals surface area (Å²) in [5, 5.41) is 0. The molecule has 18 heavy (non-hydrogen) atoms. The zero-order valence-electron chi connectivity index (χ0n) is 11.6. The minimum Gasteiger partial charge on any atom is -0.469 e. The van der Waals surface area contributed by atoms with Crippen molar-refractivity contribution in [2.45, 2.75) is 20.3 Å². The number of benzene rings is 1. The number of carbonyl (C=O) groups excluding carboxylic acids is 1. The SMILES string of the molecule is CCN(CCc1ccccc1)C[C@@H](C)C(=O)OC. The fourth-order valence-corrected chi connectivity index (χ4v) is 1.97. The van der Waals surface area contributed by atoms with Crippen LogP contribution in [0.2, 0.25) is 0 Å². The first-order valence-electron chi connectivity index (χ1n) is 6.51. The van der Waals surface area contributed by atoms with Crippen LogP contribution in [0.4, 0.5) is 0 Å². The lowest BCUT2D eigenvalue weighted by Gasteiger charge is -2.23. The Morgan fingerprint density at radius 1 is 1.33 bits per heavy atom. The first-order valence-corrected chi connectivity index (χ1v) is 6.51. The molecule has 1 aromatic carbocycles. The molecule has 0 heterocycles. The van der Waals surface area contributed by atoms with Crippen molar-refractivity contribution < 1.29 is 9.53 Å². The monoisotopic (exact) mass is 249 g/mol. The van der Waals surface area contributed by atoms with Gasteiger partial charge in [-0.2, -0.15) is 0 Å². The Morgan fingerprint density at radius 2 is 2.00 bits per heavy atom. The van der Waals surface area contributed by atoms with Crippen molar-refractivity contribution in [3.05, 3.63) is 35.9 Å². The number of esters is 1. The topological polar surface area (TPSA) is 29.5 Å². The summed E-state index contributed by atoms with van der Waals surface area (Å²) in [6.45, 7) is 6.72. The predicted molar refractivity (Wildman–Crippen MR) is 73.4 cm³/mol. The van der Waals surface area contributed by atoms with E-state index in [-0.39, 0.29) is 11.9 Å². The predicted octanol–water partition coefficient (Wildman–Crippen LogP) is 2.36. The van der Waals surface area contributed by atoms with Crippen LogP contribution in [0.3, 0.4) is 0 Å². The summed E-state index contributed by atoms with van der Waals surface area (Å²) >= 11 is 0. The lowest BCUT2D eigenvalue weighted by atomic mass is 10.1. The molecule has 1 aromatic rings. The van der Waals surface area contributed by atoms with Crippen molar-refractivity contribution in [2.75, 3.05) is 26.7 Å². The van der Waals surface area contributed by atoms with Gasteiger partial charge in [-0.3, -0.25) is 4.79 Å². The van der Waals surface area contributed by atoms with Crippen molar-refractivity contribution in [1.82, 2.24) is 4.90 Å². The highest BCUT2D eigenvalue weighted by Gasteiger charge is 2.16. The molecule has 0 saturated heterocycles. The molecule has 0 aliphatic carbocycles. The Morgan fingerprint density at radius 3 is 2.56 bits per heavy atom. The number of methoxy groups -OCH3 is 1. The van der Waals surface area contributed by atoms with E-state index in [2.05, 4.69) is 36.1 Å². The summed E-state index contributed by atoms with van der Waals surface area (Å²) in [5.41, 5.74) is 1.33. The highest BCUT2D eigenvalue weighted by molar-refractivity contribution is 5.72. The van der Waals surface area contributed by atoms with Crippen LogP contribution in [0.15, 0.2) is 30.3 Å². The van der Waals surface area contributed by atoms with E-state index in [1.165, 1.54) is 12.7 Å². The molecule has 0 radical (unpaired) electrons. The molecule has 0 saturated carbocycles.